The number of anilines is 6. The number of nitrogens with zero attached hydrogens (tertiary/aromatic N) is 6. The Morgan fingerprint density at radius 3 is 1.56 bits per heavy atom. The summed E-state index contributed by atoms with van der Waals surface area (Å²) < 4.78 is 2.33. The third kappa shape index (κ3) is 6.58. The number of rotatable bonds is 7. The molecule has 6 nitrogen and oxygen atoms in total. The minimum atomic E-state index is 0.0286. The van der Waals surface area contributed by atoms with E-state index in [2.05, 4.69) is 208 Å². The molecule has 0 spiro atoms. The monoisotopic (exact) mass is 916 g/mol. The van der Waals surface area contributed by atoms with Crippen LogP contribution in [-0.4, -0.2) is 21.2 Å². The zero-order chi connectivity index (χ0) is 47.7. The Balaban J connectivity index is 1.00. The fraction of sp³-hybridized carbons (Fsp3) is 0. The summed E-state index contributed by atoms with van der Waals surface area (Å²) in [7, 11) is 0. The third-order valence-electron chi connectivity index (χ3n) is 14.4. The quantitative estimate of drug-likeness (QED) is 0.149. The Bertz CT molecular complexity index is 3960. The third-order valence-corrected chi connectivity index (χ3v) is 14.4. The van der Waals surface area contributed by atoms with Crippen molar-refractivity contribution in [3.8, 4) is 56.8 Å². The Morgan fingerprint density at radius 1 is 0.375 bits per heavy atom. The second-order valence-corrected chi connectivity index (χ2v) is 18.4. The van der Waals surface area contributed by atoms with Gasteiger partial charge in [0.25, 0.3) is 6.71 Å². The molecule has 4 heterocycles. The first-order valence-corrected chi connectivity index (χ1v) is 24.3. The lowest BCUT2D eigenvalue weighted by Crippen LogP contribution is -2.61. The van der Waals surface area contributed by atoms with Gasteiger partial charge < -0.3 is 14.4 Å². The summed E-state index contributed by atoms with van der Waals surface area (Å²) in [4.78, 5) is 15.3. The Hall–Kier alpha value is -9.77. The van der Waals surface area contributed by atoms with E-state index in [0.717, 1.165) is 89.4 Å². The highest BCUT2D eigenvalue weighted by molar-refractivity contribution is 7.00. The molecular formula is C65H41BN6. The second kappa shape index (κ2) is 16.7. The average Bonchev–Trinajstić information content (AvgIpc) is 3.79. The highest BCUT2D eigenvalue weighted by atomic mass is 15.2. The number of aromatic nitrogens is 3. The molecule has 0 radical (unpaired) electrons. The summed E-state index contributed by atoms with van der Waals surface area (Å²) in [5.74, 6) is 0.617. The van der Waals surface area contributed by atoms with E-state index in [-0.39, 0.29) is 6.71 Å². The van der Waals surface area contributed by atoms with E-state index in [9.17, 15) is 5.26 Å². The van der Waals surface area contributed by atoms with E-state index >= 15 is 0 Å². The van der Waals surface area contributed by atoms with E-state index in [1.165, 1.54) is 27.8 Å². The first-order chi connectivity index (χ1) is 35.7. The van der Waals surface area contributed by atoms with Crippen molar-refractivity contribution in [1.82, 2.24) is 14.5 Å². The number of hydrogen-bond donors (Lipinski definition) is 0. The van der Waals surface area contributed by atoms with Gasteiger partial charge in [0.05, 0.1) is 39.7 Å². The van der Waals surface area contributed by atoms with Crippen LogP contribution in [0.5, 0.6) is 0 Å². The highest BCUT2D eigenvalue weighted by Gasteiger charge is 2.43. The summed E-state index contributed by atoms with van der Waals surface area (Å²) in [6.07, 6.45) is 0. The smallest absolute Gasteiger partial charge is 0.252 e. The van der Waals surface area contributed by atoms with Crippen LogP contribution in [-0.2, 0) is 0 Å². The molecule has 10 aromatic carbocycles. The normalized spacial score (nSPS) is 12.3. The number of nitriles is 1. The minimum Gasteiger partial charge on any atom is -0.311 e. The molecule has 0 aliphatic carbocycles. The van der Waals surface area contributed by atoms with Crippen molar-refractivity contribution in [3.05, 3.63) is 254 Å². The van der Waals surface area contributed by atoms with Crippen LogP contribution in [0.1, 0.15) is 5.56 Å². The molecule has 0 N–H and O–H groups in total. The van der Waals surface area contributed by atoms with Crippen molar-refractivity contribution in [2.24, 2.45) is 0 Å². The van der Waals surface area contributed by atoms with Crippen LogP contribution in [0.25, 0.3) is 72.5 Å². The SMILES string of the molecule is N#Cc1ccc(-n2c3ccccc3c3cc(-c4cc5c6c(c4)N(c4ccccc4)c4ccccc4B6c4ccccc4N5c4ccccc4)ccc32)c(-c2cc(-c3ccccc3)nc(-c3ccccc3)n2)c1. The van der Waals surface area contributed by atoms with Crippen LogP contribution in [0, 0.1) is 11.3 Å². The van der Waals surface area contributed by atoms with Crippen molar-refractivity contribution in [3.63, 3.8) is 0 Å². The van der Waals surface area contributed by atoms with Gasteiger partial charge in [0.1, 0.15) is 0 Å². The molecule has 0 fully saturated rings. The predicted octanol–water partition coefficient (Wildman–Crippen LogP) is 14.2. The number of hydrogen-bond acceptors (Lipinski definition) is 5. The molecule has 2 aromatic heterocycles. The zero-order valence-corrected chi connectivity index (χ0v) is 38.9. The summed E-state index contributed by atoms with van der Waals surface area (Å²) >= 11 is 0. The zero-order valence-electron chi connectivity index (χ0n) is 38.9. The van der Waals surface area contributed by atoms with E-state index in [1.807, 2.05) is 60.7 Å². The lowest BCUT2D eigenvalue weighted by molar-refractivity contribution is 1.15. The molecule has 2 aliphatic rings. The average molecular weight is 917 g/mol. The lowest BCUT2D eigenvalue weighted by Gasteiger charge is -2.44. The molecule has 2 aliphatic heterocycles. The highest BCUT2D eigenvalue weighted by Crippen LogP contribution is 2.47. The minimum absolute atomic E-state index is 0.0286. The maximum atomic E-state index is 10.4. The van der Waals surface area contributed by atoms with Gasteiger partial charge in [0.2, 0.25) is 0 Å². The molecular weight excluding hydrogens is 876 g/mol. The largest absolute Gasteiger partial charge is 0.311 e. The van der Waals surface area contributed by atoms with Crippen molar-refractivity contribution in [2.75, 3.05) is 9.80 Å². The Labute approximate surface area is 417 Å². The fourth-order valence-electron chi connectivity index (χ4n) is 11.3. The van der Waals surface area contributed by atoms with Crippen LogP contribution >= 0.6 is 0 Å². The van der Waals surface area contributed by atoms with Gasteiger partial charge >= 0.3 is 0 Å². The van der Waals surface area contributed by atoms with Crippen molar-refractivity contribution < 1.29 is 0 Å². The van der Waals surface area contributed by atoms with Crippen molar-refractivity contribution in [2.45, 2.75) is 0 Å². The molecule has 0 bridgehead atoms. The molecule has 0 atom stereocenters. The Kier molecular flexibility index (Phi) is 9.58. The maximum Gasteiger partial charge on any atom is 0.252 e. The summed E-state index contributed by atoms with van der Waals surface area (Å²) in [6.45, 7) is 0.0286. The summed E-state index contributed by atoms with van der Waals surface area (Å²) in [6, 6.07) is 90.5. The topological polar surface area (TPSA) is 61.0 Å². The maximum absolute atomic E-state index is 10.4. The van der Waals surface area contributed by atoms with Crippen LogP contribution in [0.15, 0.2) is 249 Å². The number of benzene rings is 10. The molecule has 12 aromatic rings. The number of fused-ring (bicyclic) bond motifs is 7. The molecule has 0 unspecified atom stereocenters. The number of para-hydroxylation sites is 5. The molecule has 0 saturated carbocycles. The van der Waals surface area contributed by atoms with E-state index < -0.39 is 0 Å². The molecule has 0 amide bonds. The van der Waals surface area contributed by atoms with Crippen LogP contribution in [0.4, 0.5) is 34.1 Å². The van der Waals surface area contributed by atoms with Crippen molar-refractivity contribution in [1.29, 1.82) is 5.26 Å². The first kappa shape index (κ1) is 41.2. The molecule has 0 saturated heterocycles. The van der Waals surface area contributed by atoms with Gasteiger partial charge in [-0.15, -0.1) is 0 Å². The lowest BCUT2D eigenvalue weighted by atomic mass is 9.33. The van der Waals surface area contributed by atoms with Gasteiger partial charge in [0.15, 0.2) is 5.82 Å². The fourth-order valence-corrected chi connectivity index (χ4v) is 11.3. The van der Waals surface area contributed by atoms with E-state index in [1.54, 1.807) is 0 Å². The summed E-state index contributed by atoms with van der Waals surface area (Å²) in [5.41, 5.74) is 20.8. The van der Waals surface area contributed by atoms with Crippen LogP contribution in [0.2, 0.25) is 0 Å². The van der Waals surface area contributed by atoms with Crippen LogP contribution < -0.4 is 26.2 Å². The Morgan fingerprint density at radius 2 is 0.917 bits per heavy atom. The van der Waals surface area contributed by atoms with Gasteiger partial charge in [0, 0.05) is 61.6 Å². The van der Waals surface area contributed by atoms with Crippen LogP contribution in [0.3, 0.4) is 0 Å². The standard InChI is InChI=1S/C65H41BN6/c67-42-43-33-35-59(52(37-43)56-41-55(44-19-5-1-6-20-44)68-65(69-56)45-21-7-2-8-22-45)72-57-30-16-13-27-50(57)51-38-46(34-36-58(51)72)47-39-62-64-63(40-47)71(49-25-11-4-12-26-49)61-32-18-15-29-54(61)66(64)53-28-14-17-31-60(53)70(62)48-23-9-3-10-24-48/h1-41H. The molecule has 7 heteroatoms. The van der Waals surface area contributed by atoms with Gasteiger partial charge in [-0.05, 0) is 119 Å². The van der Waals surface area contributed by atoms with Gasteiger partial charge in [-0.2, -0.15) is 5.26 Å². The predicted molar refractivity (Wildman–Crippen MR) is 297 cm³/mol. The molecule has 72 heavy (non-hydrogen) atoms. The van der Waals surface area contributed by atoms with Gasteiger partial charge in [-0.25, -0.2) is 9.97 Å². The summed E-state index contributed by atoms with van der Waals surface area (Å²) in [5, 5.41) is 12.6. The van der Waals surface area contributed by atoms with Gasteiger partial charge in [-0.3, -0.25) is 0 Å². The second-order valence-electron chi connectivity index (χ2n) is 18.4. The molecule has 14 rings (SSSR count). The van der Waals surface area contributed by atoms with Gasteiger partial charge in [-0.1, -0.05) is 158 Å². The van der Waals surface area contributed by atoms with E-state index in [0.29, 0.717) is 11.4 Å². The van der Waals surface area contributed by atoms with E-state index in [4.69, 9.17) is 9.97 Å². The first-order valence-electron chi connectivity index (χ1n) is 24.3. The van der Waals surface area contributed by atoms with Crippen molar-refractivity contribution >= 4 is 79.0 Å². The molecule has 334 valence electrons.